The first-order chi connectivity index (χ1) is 18.2. The highest BCUT2D eigenvalue weighted by molar-refractivity contribution is 7.92. The van der Waals surface area contributed by atoms with Crippen LogP contribution in [0.2, 0.25) is 5.02 Å². The number of ether oxygens (including phenoxy) is 1. The zero-order chi connectivity index (χ0) is 26.9. The Kier molecular flexibility index (Phi) is 7.69. The number of hydrogen-bond donors (Lipinski definition) is 1. The van der Waals surface area contributed by atoms with Crippen LogP contribution in [0.5, 0.6) is 0 Å². The third-order valence-electron chi connectivity index (χ3n) is 6.20. The van der Waals surface area contributed by atoms with Crippen molar-refractivity contribution in [1.29, 1.82) is 0 Å². The predicted molar refractivity (Wildman–Crippen MR) is 152 cm³/mol. The summed E-state index contributed by atoms with van der Waals surface area (Å²) in [5.41, 5.74) is 1.76. The van der Waals surface area contributed by atoms with Crippen LogP contribution in [0.15, 0.2) is 83.8 Å². The highest BCUT2D eigenvalue weighted by atomic mass is 35.5. The van der Waals surface area contributed by atoms with Gasteiger partial charge in [-0.25, -0.2) is 13.1 Å². The van der Waals surface area contributed by atoms with Gasteiger partial charge >= 0.3 is 0 Å². The lowest BCUT2D eigenvalue weighted by molar-refractivity contribution is -0.0777. The highest BCUT2D eigenvalue weighted by Crippen LogP contribution is 2.28. The largest absolute Gasteiger partial charge is 0.373 e. The Hall–Kier alpha value is -3.02. The van der Waals surface area contributed by atoms with E-state index in [1.54, 1.807) is 41.1 Å². The van der Waals surface area contributed by atoms with Gasteiger partial charge in [0.2, 0.25) is 4.77 Å². The second-order valence-electron chi connectivity index (χ2n) is 9.32. The summed E-state index contributed by atoms with van der Waals surface area (Å²) < 4.78 is 39.1. The third kappa shape index (κ3) is 5.69. The van der Waals surface area contributed by atoms with E-state index in [9.17, 15) is 8.42 Å². The number of sulfonamides is 1. The van der Waals surface area contributed by atoms with Crippen LogP contribution in [0, 0.1) is 4.77 Å². The van der Waals surface area contributed by atoms with E-state index in [-0.39, 0.29) is 17.1 Å². The number of aromatic nitrogens is 3. The molecule has 1 saturated heterocycles. The minimum Gasteiger partial charge on any atom is -0.373 e. The van der Waals surface area contributed by atoms with Gasteiger partial charge in [0.15, 0.2) is 5.82 Å². The molecule has 5 rings (SSSR count). The molecule has 38 heavy (non-hydrogen) atoms. The van der Waals surface area contributed by atoms with Gasteiger partial charge in [-0.15, -0.1) is 5.10 Å². The number of nitrogens with zero attached hydrogens (tertiary/aromatic N) is 4. The van der Waals surface area contributed by atoms with Crippen molar-refractivity contribution in [3.63, 3.8) is 0 Å². The molecule has 1 fully saturated rings. The normalized spacial score (nSPS) is 18.4. The molecule has 0 saturated carbocycles. The molecule has 3 aromatic carbocycles. The zero-order valence-electron chi connectivity index (χ0n) is 21.0. The average Bonchev–Trinajstić information content (AvgIpc) is 3.21. The monoisotopic (exact) mass is 569 g/mol. The number of halogens is 1. The minimum atomic E-state index is -3.91. The van der Waals surface area contributed by atoms with Gasteiger partial charge in [0.05, 0.1) is 34.5 Å². The van der Waals surface area contributed by atoms with Crippen molar-refractivity contribution in [1.82, 2.24) is 19.2 Å². The molecule has 1 aliphatic heterocycles. The van der Waals surface area contributed by atoms with E-state index in [0.29, 0.717) is 33.5 Å². The lowest BCUT2D eigenvalue weighted by atomic mass is 10.2. The lowest BCUT2D eigenvalue weighted by Crippen LogP contribution is -2.46. The molecule has 0 radical (unpaired) electrons. The Morgan fingerprint density at radius 2 is 1.68 bits per heavy atom. The van der Waals surface area contributed by atoms with E-state index >= 15 is 0 Å². The fourth-order valence-corrected chi connectivity index (χ4v) is 6.29. The molecule has 4 aromatic rings. The molecule has 0 bridgehead atoms. The van der Waals surface area contributed by atoms with Gasteiger partial charge < -0.3 is 4.74 Å². The Bertz CT molecular complexity index is 1590. The summed E-state index contributed by atoms with van der Waals surface area (Å²) >= 11 is 12.1. The third-order valence-corrected chi connectivity index (χ3v) is 8.29. The topological polar surface area (TPSA) is 81.4 Å². The fourth-order valence-electron chi connectivity index (χ4n) is 4.64. The molecule has 1 aliphatic rings. The SMILES string of the molecule is C[C@@H]1CN(Cn2nc(-c3cccc(S(=O)(=O)Nc4ccccc4Cl)c3)n(-c3ccccc3)c2=S)C[C@H](C)O1. The first-order valence-corrected chi connectivity index (χ1v) is 14.5. The molecule has 198 valence electrons. The summed E-state index contributed by atoms with van der Waals surface area (Å²) in [6.45, 7) is 6.13. The number of nitrogens with one attached hydrogen (secondary N) is 1. The predicted octanol–water partition coefficient (Wildman–Crippen LogP) is 5.59. The molecule has 0 aliphatic carbocycles. The van der Waals surface area contributed by atoms with E-state index < -0.39 is 10.0 Å². The first kappa shape index (κ1) is 26.6. The van der Waals surface area contributed by atoms with Gasteiger partial charge in [-0.3, -0.25) is 14.2 Å². The molecule has 2 atom stereocenters. The van der Waals surface area contributed by atoms with Crippen LogP contribution in [-0.2, 0) is 21.4 Å². The van der Waals surface area contributed by atoms with Crippen LogP contribution < -0.4 is 4.72 Å². The zero-order valence-corrected chi connectivity index (χ0v) is 23.4. The van der Waals surface area contributed by atoms with E-state index in [2.05, 4.69) is 23.5 Å². The molecule has 0 amide bonds. The molecule has 2 heterocycles. The second-order valence-corrected chi connectivity index (χ2v) is 11.8. The fraction of sp³-hybridized carbons (Fsp3) is 0.259. The maximum Gasteiger partial charge on any atom is 0.261 e. The molecule has 11 heteroatoms. The van der Waals surface area contributed by atoms with Gasteiger partial charge in [-0.1, -0.05) is 54.1 Å². The summed E-state index contributed by atoms with van der Waals surface area (Å²) in [5.74, 6) is 0.547. The van der Waals surface area contributed by atoms with Crippen LogP contribution in [0.3, 0.4) is 0 Å². The smallest absolute Gasteiger partial charge is 0.261 e. The van der Waals surface area contributed by atoms with Crippen molar-refractivity contribution in [2.24, 2.45) is 0 Å². The summed E-state index contributed by atoms with van der Waals surface area (Å²) in [7, 11) is -3.91. The average molecular weight is 570 g/mol. The van der Waals surface area contributed by atoms with Crippen LogP contribution in [0.4, 0.5) is 5.69 Å². The molecule has 1 N–H and O–H groups in total. The number of para-hydroxylation sites is 2. The van der Waals surface area contributed by atoms with Crippen LogP contribution in [0.1, 0.15) is 13.8 Å². The Morgan fingerprint density at radius 3 is 2.39 bits per heavy atom. The lowest BCUT2D eigenvalue weighted by Gasteiger charge is -2.34. The summed E-state index contributed by atoms with van der Waals surface area (Å²) in [5, 5.41) is 5.19. The second kappa shape index (κ2) is 11.0. The van der Waals surface area contributed by atoms with Crippen LogP contribution >= 0.6 is 23.8 Å². The number of benzene rings is 3. The first-order valence-electron chi connectivity index (χ1n) is 12.2. The van der Waals surface area contributed by atoms with Gasteiger partial charge in [-0.2, -0.15) is 0 Å². The molecule has 1 aromatic heterocycles. The van der Waals surface area contributed by atoms with Gasteiger partial charge in [0.1, 0.15) is 0 Å². The molecule has 0 spiro atoms. The standard InChI is InChI=1S/C27H28ClN5O3S2/c1-19-16-31(17-20(2)36-19)18-32-27(37)33(22-10-4-3-5-11-22)26(29-32)21-9-8-12-23(15-21)38(34,35)30-25-14-7-6-13-24(25)28/h3-15,19-20,30H,16-18H2,1-2H3/t19-,20+. The Morgan fingerprint density at radius 1 is 1.00 bits per heavy atom. The summed E-state index contributed by atoms with van der Waals surface area (Å²) in [4.78, 5) is 2.35. The van der Waals surface area contributed by atoms with Crippen molar-refractivity contribution < 1.29 is 13.2 Å². The number of rotatable bonds is 7. The molecule has 8 nitrogen and oxygen atoms in total. The van der Waals surface area contributed by atoms with Crippen molar-refractivity contribution in [3.8, 4) is 17.1 Å². The number of anilines is 1. The van der Waals surface area contributed by atoms with Crippen molar-refractivity contribution >= 4 is 39.5 Å². The van der Waals surface area contributed by atoms with Crippen LogP contribution in [-0.4, -0.2) is 53.0 Å². The van der Waals surface area contributed by atoms with E-state index in [4.69, 9.17) is 33.7 Å². The minimum absolute atomic E-state index is 0.0887. The van der Waals surface area contributed by atoms with Crippen molar-refractivity contribution in [2.45, 2.75) is 37.6 Å². The molecular formula is C27H28ClN5O3S2. The van der Waals surface area contributed by atoms with E-state index in [0.717, 1.165) is 18.8 Å². The number of morpholine rings is 1. The summed E-state index contributed by atoms with van der Waals surface area (Å²) in [6.07, 6.45) is 0.215. The maximum absolute atomic E-state index is 13.2. The van der Waals surface area contributed by atoms with Crippen molar-refractivity contribution in [3.05, 3.63) is 88.7 Å². The molecule has 0 unspecified atom stereocenters. The highest BCUT2D eigenvalue weighted by Gasteiger charge is 2.24. The Labute approximate surface area is 232 Å². The molecular weight excluding hydrogens is 542 g/mol. The van der Waals surface area contributed by atoms with Crippen LogP contribution in [0.25, 0.3) is 17.1 Å². The van der Waals surface area contributed by atoms with E-state index in [1.807, 2.05) is 41.0 Å². The van der Waals surface area contributed by atoms with Gasteiger partial charge in [0.25, 0.3) is 10.0 Å². The summed E-state index contributed by atoms with van der Waals surface area (Å²) in [6, 6.07) is 23.0. The Balaban J connectivity index is 1.55. The van der Waals surface area contributed by atoms with E-state index in [1.165, 1.54) is 6.07 Å². The number of hydrogen-bond acceptors (Lipinski definition) is 6. The van der Waals surface area contributed by atoms with Crippen molar-refractivity contribution in [2.75, 3.05) is 17.8 Å². The van der Waals surface area contributed by atoms with Gasteiger partial charge in [-0.05, 0) is 62.5 Å². The quantitative estimate of drug-likeness (QED) is 0.292. The maximum atomic E-state index is 13.2. The van der Waals surface area contributed by atoms with Gasteiger partial charge in [0, 0.05) is 24.3 Å².